The van der Waals surface area contributed by atoms with Gasteiger partial charge in [0.1, 0.15) is 60.1 Å². The average molecular weight is 1360 g/mol. The molecule has 9 atom stereocenters. The van der Waals surface area contributed by atoms with Crippen molar-refractivity contribution in [3.05, 3.63) is 29.8 Å². The van der Waals surface area contributed by atoms with Crippen LogP contribution in [0.3, 0.4) is 0 Å². The van der Waals surface area contributed by atoms with Gasteiger partial charge >= 0.3 is 17.9 Å². The van der Waals surface area contributed by atoms with Gasteiger partial charge in [0.25, 0.3) is 0 Å². The Kier molecular flexibility index (Phi) is 40.6. The Morgan fingerprint density at radius 1 is 0.406 bits per heavy atom. The van der Waals surface area contributed by atoms with Crippen LogP contribution >= 0.6 is 0 Å². The number of rotatable bonds is 49. The van der Waals surface area contributed by atoms with Crippen LogP contribution in [0.5, 0.6) is 5.75 Å². The van der Waals surface area contributed by atoms with Crippen LogP contribution in [0.1, 0.15) is 143 Å². The van der Waals surface area contributed by atoms with Crippen molar-refractivity contribution in [2.45, 2.75) is 199 Å². The summed E-state index contributed by atoms with van der Waals surface area (Å²) in [5.74, 6) is -15.2. The van der Waals surface area contributed by atoms with Crippen molar-refractivity contribution in [2.24, 2.45) is 51.4 Å². The van der Waals surface area contributed by atoms with Gasteiger partial charge in [0.15, 0.2) is 5.96 Å². The van der Waals surface area contributed by atoms with E-state index in [0.29, 0.717) is 24.8 Å². The fraction of sp³-hybridized carbons (Fsp3) is 0.656. The van der Waals surface area contributed by atoms with E-state index in [1.807, 2.05) is 0 Å². The number of carboxylic acids is 3. The third-order valence-electron chi connectivity index (χ3n) is 14.4. The number of hydrogen-bond donors (Lipinski definition) is 20. The Morgan fingerprint density at radius 3 is 1.15 bits per heavy atom. The second-order valence-electron chi connectivity index (χ2n) is 24.3. The van der Waals surface area contributed by atoms with E-state index < -0.39 is 183 Å². The minimum Gasteiger partial charge on any atom is -0.508 e. The van der Waals surface area contributed by atoms with Gasteiger partial charge in [0.05, 0.1) is 19.6 Å². The van der Waals surface area contributed by atoms with Crippen LogP contribution in [-0.4, -0.2) is 203 Å². The molecular formula is C61H103N17O18. The Balaban J connectivity index is 3.57. The molecule has 35 nitrogen and oxygen atoms in total. The summed E-state index contributed by atoms with van der Waals surface area (Å²) in [5.41, 5.74) is 28.0. The smallest absolute Gasteiger partial charge is 0.326 e. The second kappa shape index (κ2) is 46.0. The normalized spacial score (nSPS) is 13.9. The van der Waals surface area contributed by atoms with Gasteiger partial charge < -0.3 is 108 Å². The number of carbonyl (C=O) groups excluding carboxylic acids is 11. The fourth-order valence-electron chi connectivity index (χ4n) is 9.50. The summed E-state index contributed by atoms with van der Waals surface area (Å²) in [5, 5.41) is 66.4. The number of carbonyl (C=O) groups is 14. The molecule has 35 heteroatoms. The molecule has 1 aromatic rings. The van der Waals surface area contributed by atoms with Gasteiger partial charge in [0.2, 0.25) is 65.0 Å². The first-order chi connectivity index (χ1) is 45.2. The minimum absolute atomic E-state index is 0.00526. The van der Waals surface area contributed by atoms with Crippen molar-refractivity contribution in [3.63, 3.8) is 0 Å². The largest absolute Gasteiger partial charge is 0.508 e. The number of carboxylic acid groups (broad SMARTS) is 3. The maximum absolute atomic E-state index is 14.5. The van der Waals surface area contributed by atoms with E-state index in [9.17, 15) is 87.5 Å². The van der Waals surface area contributed by atoms with Crippen LogP contribution in [0.4, 0.5) is 0 Å². The Labute approximate surface area is 558 Å². The number of amides is 11. The van der Waals surface area contributed by atoms with Crippen LogP contribution < -0.4 is 87.2 Å². The quantitative estimate of drug-likeness (QED) is 0.0167. The first-order valence-corrected chi connectivity index (χ1v) is 32.1. The highest BCUT2D eigenvalue weighted by Crippen LogP contribution is 2.15. The molecule has 0 bridgehead atoms. The van der Waals surface area contributed by atoms with Gasteiger partial charge in [-0.05, 0) is 132 Å². The number of aliphatic carboxylic acids is 3. The molecule has 1 rings (SSSR count). The topological polar surface area (TPSA) is 595 Å². The van der Waals surface area contributed by atoms with Gasteiger partial charge in [-0.25, -0.2) is 4.79 Å². The van der Waals surface area contributed by atoms with E-state index >= 15 is 0 Å². The number of aliphatic imine (C=N–C) groups is 1. The van der Waals surface area contributed by atoms with Crippen molar-refractivity contribution in [1.82, 2.24) is 58.5 Å². The molecule has 0 spiro atoms. The number of hydrogen-bond acceptors (Lipinski definition) is 19. The molecule has 11 amide bonds. The highest BCUT2D eigenvalue weighted by atomic mass is 16.4. The van der Waals surface area contributed by atoms with Crippen molar-refractivity contribution < 1.29 is 87.5 Å². The van der Waals surface area contributed by atoms with Gasteiger partial charge in [-0.3, -0.25) is 67.3 Å². The van der Waals surface area contributed by atoms with Crippen LogP contribution in [0.2, 0.25) is 0 Å². The number of nitrogens with one attached hydrogen (secondary N) is 11. The number of unbranched alkanes of at least 4 members (excludes halogenated alkanes) is 2. The summed E-state index contributed by atoms with van der Waals surface area (Å²) >= 11 is 0. The lowest BCUT2D eigenvalue weighted by Gasteiger charge is -2.28. The van der Waals surface area contributed by atoms with Gasteiger partial charge in [-0.15, -0.1) is 0 Å². The molecule has 0 radical (unpaired) electrons. The highest BCUT2D eigenvalue weighted by molar-refractivity contribution is 5.99. The number of nitrogens with two attached hydrogens (primary N) is 5. The first-order valence-electron chi connectivity index (χ1n) is 32.1. The van der Waals surface area contributed by atoms with Crippen molar-refractivity contribution in [1.29, 1.82) is 0 Å². The third kappa shape index (κ3) is 36.4. The van der Waals surface area contributed by atoms with E-state index in [4.69, 9.17) is 28.7 Å². The van der Waals surface area contributed by atoms with Crippen LogP contribution in [-0.2, 0) is 73.5 Å². The summed E-state index contributed by atoms with van der Waals surface area (Å²) in [6.07, 6.45) is -1.30. The molecular weight excluding hydrogens is 1260 g/mol. The first kappa shape index (κ1) is 84.8. The maximum Gasteiger partial charge on any atom is 0.326 e. The molecule has 0 aliphatic heterocycles. The zero-order chi connectivity index (χ0) is 72.6. The van der Waals surface area contributed by atoms with Gasteiger partial charge in [0, 0.05) is 25.8 Å². The van der Waals surface area contributed by atoms with Crippen LogP contribution in [0.25, 0.3) is 0 Å². The standard InChI is InChI=1S/C61H103N17O18/c1-33(2)26-43(53(88)69-32-48(81)70-38(14-11-25-67-61(65)66)52(87)68-31-49(82)71-39(12-7-9-23-62)54(89)78-46(60(95)96)28-35(5)6)76-59(94)45(29-36-15-17-37(79)18-16-36)77-57(92)42(20-22-51(85)86)75-56(91)41(19-21-50(83)84)74-55(90)40(13-8-10-24-63)73-58(93)44(27-34(3)4)72-47(80)30-64/h15-18,33-35,38-46,79H,7-14,19-32,62-64H2,1-6H3,(H,68,87)(H,69,88)(H,70,81)(H,71,82)(H,72,80)(H,73,93)(H,74,90)(H,75,91)(H,76,94)(H,77,92)(H,78,89)(H,83,84)(H,85,86)(H,95,96)(H4,65,66,67)/t38-,39-,40-,41-,42-,43-,44-,45-,46-/m0/s1. The molecule has 0 fully saturated rings. The number of benzene rings is 1. The summed E-state index contributed by atoms with van der Waals surface area (Å²) in [6, 6.07) is -7.61. The lowest BCUT2D eigenvalue weighted by molar-refractivity contribution is -0.143. The molecule has 1 aromatic carbocycles. The fourth-order valence-corrected chi connectivity index (χ4v) is 9.50. The molecule has 0 aliphatic carbocycles. The number of phenols is 1. The number of phenolic OH excluding ortho intramolecular Hbond substituents is 1. The SMILES string of the molecule is CC(C)C[C@H](NC(=O)[C@H](CCCCN)NC(=O)CNC(=O)[C@H](CCCN=C(N)N)NC(=O)CNC(=O)[C@H](CC(C)C)NC(=O)[C@H](Cc1ccc(O)cc1)NC(=O)[C@H](CCC(=O)O)NC(=O)[C@H](CCC(=O)O)NC(=O)[C@H](CCCCN)NC(=O)[C@H](CC(C)C)NC(=O)CN)C(=O)O. The predicted octanol–water partition coefficient (Wildman–Crippen LogP) is -4.25. The molecule has 25 N–H and O–H groups in total. The zero-order valence-corrected chi connectivity index (χ0v) is 55.6. The molecule has 540 valence electrons. The van der Waals surface area contributed by atoms with Crippen molar-refractivity contribution in [3.8, 4) is 5.75 Å². The lowest BCUT2D eigenvalue weighted by Crippen LogP contribution is -2.60. The van der Waals surface area contributed by atoms with Gasteiger partial charge in [-0.1, -0.05) is 53.7 Å². The van der Waals surface area contributed by atoms with E-state index in [0.717, 1.165) is 0 Å². The third-order valence-corrected chi connectivity index (χ3v) is 14.4. The Morgan fingerprint density at radius 2 is 0.740 bits per heavy atom. The molecule has 0 saturated heterocycles. The summed E-state index contributed by atoms with van der Waals surface area (Å²) < 4.78 is 0. The number of nitrogens with zero attached hydrogens (tertiary/aromatic N) is 1. The van der Waals surface area contributed by atoms with Crippen molar-refractivity contribution in [2.75, 3.05) is 39.3 Å². The van der Waals surface area contributed by atoms with E-state index in [-0.39, 0.29) is 107 Å². The predicted molar refractivity (Wildman–Crippen MR) is 350 cm³/mol. The van der Waals surface area contributed by atoms with E-state index in [2.05, 4.69) is 63.5 Å². The summed E-state index contributed by atoms with van der Waals surface area (Å²) in [7, 11) is 0. The second-order valence-corrected chi connectivity index (χ2v) is 24.3. The van der Waals surface area contributed by atoms with E-state index in [1.165, 1.54) is 24.3 Å². The average Bonchev–Trinajstić information content (AvgIpc) is 0.895. The molecule has 0 heterocycles. The van der Waals surface area contributed by atoms with E-state index in [1.54, 1.807) is 41.5 Å². The Bertz CT molecular complexity index is 2770. The Hall–Kier alpha value is -9.25. The highest BCUT2D eigenvalue weighted by Gasteiger charge is 2.35. The molecule has 0 saturated carbocycles. The van der Waals surface area contributed by atoms with Crippen LogP contribution in [0.15, 0.2) is 29.3 Å². The molecule has 0 aromatic heterocycles. The maximum atomic E-state index is 14.5. The molecule has 0 unspecified atom stereocenters. The zero-order valence-electron chi connectivity index (χ0n) is 55.6. The summed E-state index contributed by atoms with van der Waals surface area (Å²) in [6.45, 7) is 9.07. The number of aromatic hydroxyl groups is 1. The minimum atomic E-state index is -1.81. The summed E-state index contributed by atoms with van der Waals surface area (Å²) in [4.78, 5) is 190. The molecule has 96 heavy (non-hydrogen) atoms. The van der Waals surface area contributed by atoms with Crippen LogP contribution in [0, 0.1) is 17.8 Å². The monoisotopic (exact) mass is 1360 g/mol. The van der Waals surface area contributed by atoms with Crippen molar-refractivity contribution >= 4 is 88.8 Å². The molecule has 0 aliphatic rings. The lowest BCUT2D eigenvalue weighted by atomic mass is 10.00. The number of guanidine groups is 1. The van der Waals surface area contributed by atoms with Gasteiger partial charge in [-0.2, -0.15) is 0 Å².